The topological polar surface area (TPSA) is 46.6 Å². The molecular weight excluding hydrogens is 566 g/mol. The summed E-state index contributed by atoms with van der Waals surface area (Å²) in [7, 11) is 3.89. The van der Waals surface area contributed by atoms with Crippen LogP contribution in [0.3, 0.4) is 0 Å². The van der Waals surface area contributed by atoms with E-state index < -0.39 is 6.10 Å². The normalized spacial score (nSPS) is 13.1. The second kappa shape index (κ2) is 34.6. The van der Waals surface area contributed by atoms with Crippen LogP contribution >= 0.6 is 0 Å². The Labute approximate surface area is 286 Å². The molecular formula is C42H75NO3. The molecule has 1 unspecified atom stereocenters. The fourth-order valence-electron chi connectivity index (χ4n) is 5.56. The largest absolute Gasteiger partial charge is 0.344 e. The van der Waals surface area contributed by atoms with Crippen molar-refractivity contribution < 1.29 is 14.3 Å². The van der Waals surface area contributed by atoms with Gasteiger partial charge in [0, 0.05) is 12.8 Å². The molecule has 0 aromatic carbocycles. The highest BCUT2D eigenvalue weighted by Crippen LogP contribution is 2.16. The lowest BCUT2D eigenvalue weighted by molar-refractivity contribution is -0.155. The summed E-state index contributed by atoms with van der Waals surface area (Å²) in [6.45, 7) is 6.53. The minimum atomic E-state index is -0.913. The molecule has 0 amide bonds. The summed E-state index contributed by atoms with van der Waals surface area (Å²) in [5, 5.41) is 0. The van der Waals surface area contributed by atoms with Gasteiger partial charge in [-0.15, -0.1) is 0 Å². The van der Waals surface area contributed by atoms with E-state index in [-0.39, 0.29) is 17.8 Å². The first-order valence-corrected chi connectivity index (χ1v) is 19.4. The van der Waals surface area contributed by atoms with Crippen molar-refractivity contribution >= 4 is 11.6 Å². The summed E-state index contributed by atoms with van der Waals surface area (Å²) in [6, 6.07) is 0. The van der Waals surface area contributed by atoms with Crippen molar-refractivity contribution in [3.05, 3.63) is 48.6 Å². The quantitative estimate of drug-likeness (QED) is 0.0303. The summed E-state index contributed by atoms with van der Waals surface area (Å²) < 4.78 is 6.14. The SMILES string of the molecule is CCCCC/C=C\C/C=C\CCCCCCCC(=O)C(OC(CC)N(C)C)C(=O)CCCCCCC/C=C\C/C=C\CCCCC. The van der Waals surface area contributed by atoms with E-state index in [9.17, 15) is 9.59 Å². The summed E-state index contributed by atoms with van der Waals surface area (Å²) >= 11 is 0. The summed E-state index contributed by atoms with van der Waals surface area (Å²) in [6.07, 6.45) is 44.2. The molecule has 46 heavy (non-hydrogen) atoms. The maximum Gasteiger partial charge on any atom is 0.176 e. The van der Waals surface area contributed by atoms with Crippen molar-refractivity contribution in [1.29, 1.82) is 0 Å². The molecule has 0 radical (unpaired) electrons. The molecule has 266 valence electrons. The number of ether oxygens (including phenoxy) is 1. The number of Topliss-reactive ketones (excluding diaryl/α,β-unsaturated/α-hetero) is 2. The van der Waals surface area contributed by atoms with E-state index in [1.54, 1.807) is 0 Å². The van der Waals surface area contributed by atoms with Crippen molar-refractivity contribution in [3.8, 4) is 0 Å². The predicted octanol–water partition coefficient (Wildman–Crippen LogP) is 12.4. The van der Waals surface area contributed by atoms with Crippen LogP contribution in [0.15, 0.2) is 48.6 Å². The van der Waals surface area contributed by atoms with E-state index in [0.717, 1.165) is 70.6 Å². The van der Waals surface area contributed by atoms with Gasteiger partial charge in [-0.1, -0.05) is 134 Å². The number of carbonyl (C=O) groups is 2. The van der Waals surface area contributed by atoms with Crippen molar-refractivity contribution in [1.82, 2.24) is 4.90 Å². The molecule has 0 aliphatic heterocycles. The number of nitrogens with zero attached hydrogens (tertiary/aromatic N) is 1. The van der Waals surface area contributed by atoms with E-state index in [2.05, 4.69) is 62.5 Å². The number of rotatable bonds is 34. The van der Waals surface area contributed by atoms with E-state index >= 15 is 0 Å². The molecule has 0 saturated heterocycles. The van der Waals surface area contributed by atoms with E-state index in [4.69, 9.17) is 4.74 Å². The molecule has 0 aliphatic carbocycles. The zero-order valence-corrected chi connectivity index (χ0v) is 31.1. The van der Waals surface area contributed by atoms with Gasteiger partial charge in [-0.3, -0.25) is 14.5 Å². The number of hydrogen-bond acceptors (Lipinski definition) is 4. The van der Waals surface area contributed by atoms with Crippen LogP contribution in [0.25, 0.3) is 0 Å². The zero-order valence-electron chi connectivity index (χ0n) is 31.1. The lowest BCUT2D eigenvalue weighted by atomic mass is 9.99. The number of allylic oxidation sites excluding steroid dienone is 8. The second-order valence-corrected chi connectivity index (χ2v) is 13.2. The molecule has 0 aliphatic rings. The third-order valence-corrected chi connectivity index (χ3v) is 8.55. The number of ketones is 2. The highest BCUT2D eigenvalue weighted by molar-refractivity contribution is 6.05. The summed E-state index contributed by atoms with van der Waals surface area (Å²) in [4.78, 5) is 28.3. The van der Waals surface area contributed by atoms with Gasteiger partial charge in [-0.25, -0.2) is 0 Å². The van der Waals surface area contributed by atoms with Crippen molar-refractivity contribution in [2.24, 2.45) is 0 Å². The standard InChI is InChI=1S/C42H75NO3/c1-6-9-11-13-15-17-19-21-23-25-27-29-31-33-35-37-39(44)42(46-41(8-3)43(4)5)40(45)38-36-34-32-30-28-26-24-22-20-18-16-14-12-10-7-2/h15-18,21-24,41-42H,6-14,19-20,25-38H2,1-5H3/b17-15-,18-16-,23-21-,24-22-. The Morgan fingerprint density at radius 3 is 1.20 bits per heavy atom. The highest BCUT2D eigenvalue weighted by Gasteiger charge is 2.29. The third kappa shape index (κ3) is 28.4. The second-order valence-electron chi connectivity index (χ2n) is 13.2. The Kier molecular flexibility index (Phi) is 33.2. The number of unbranched alkanes of at least 4 members (excludes halogenated alkanes) is 16. The molecule has 0 spiro atoms. The molecule has 0 N–H and O–H groups in total. The zero-order chi connectivity index (χ0) is 33.9. The molecule has 4 nitrogen and oxygen atoms in total. The number of hydrogen-bond donors (Lipinski definition) is 0. The predicted molar refractivity (Wildman–Crippen MR) is 201 cm³/mol. The van der Waals surface area contributed by atoms with Gasteiger partial charge in [0.25, 0.3) is 0 Å². The first-order chi connectivity index (χ1) is 22.5. The smallest absolute Gasteiger partial charge is 0.176 e. The fourth-order valence-corrected chi connectivity index (χ4v) is 5.56. The first-order valence-electron chi connectivity index (χ1n) is 19.4. The summed E-state index contributed by atoms with van der Waals surface area (Å²) in [5.74, 6) is -0.0582. The van der Waals surface area contributed by atoms with Crippen LogP contribution in [-0.4, -0.2) is 42.9 Å². The van der Waals surface area contributed by atoms with Crippen molar-refractivity contribution in [2.45, 2.75) is 194 Å². The average Bonchev–Trinajstić information content (AvgIpc) is 3.04. The van der Waals surface area contributed by atoms with Crippen LogP contribution < -0.4 is 0 Å². The minimum Gasteiger partial charge on any atom is -0.344 e. The molecule has 0 aromatic heterocycles. The van der Waals surface area contributed by atoms with Crippen LogP contribution in [0.5, 0.6) is 0 Å². The molecule has 0 aromatic rings. The Hall–Kier alpha value is -1.78. The average molecular weight is 642 g/mol. The molecule has 0 bridgehead atoms. The Morgan fingerprint density at radius 2 is 0.848 bits per heavy atom. The van der Waals surface area contributed by atoms with Gasteiger partial charge >= 0.3 is 0 Å². The molecule has 0 fully saturated rings. The van der Waals surface area contributed by atoms with Gasteiger partial charge in [0.05, 0.1) is 0 Å². The van der Waals surface area contributed by atoms with Crippen LogP contribution in [0.4, 0.5) is 0 Å². The molecule has 4 heteroatoms. The van der Waals surface area contributed by atoms with Gasteiger partial charge in [-0.05, 0) is 97.6 Å². The maximum atomic E-state index is 13.2. The van der Waals surface area contributed by atoms with Gasteiger partial charge in [0.1, 0.15) is 6.23 Å². The first kappa shape index (κ1) is 44.2. The van der Waals surface area contributed by atoms with Gasteiger partial charge in [0.2, 0.25) is 0 Å². The number of carbonyl (C=O) groups excluding carboxylic acids is 2. The Balaban J connectivity index is 4.23. The van der Waals surface area contributed by atoms with Crippen LogP contribution in [0.1, 0.15) is 181 Å². The van der Waals surface area contributed by atoms with Crippen LogP contribution in [0.2, 0.25) is 0 Å². The van der Waals surface area contributed by atoms with E-state index in [1.807, 2.05) is 25.9 Å². The molecule has 0 heterocycles. The highest BCUT2D eigenvalue weighted by atomic mass is 16.5. The van der Waals surface area contributed by atoms with E-state index in [0.29, 0.717) is 12.8 Å². The van der Waals surface area contributed by atoms with Gasteiger partial charge < -0.3 is 4.74 Å². The molecule has 1 atom stereocenters. The maximum absolute atomic E-state index is 13.2. The van der Waals surface area contributed by atoms with Gasteiger partial charge in [-0.2, -0.15) is 0 Å². The van der Waals surface area contributed by atoms with E-state index in [1.165, 1.54) is 77.0 Å². The lowest BCUT2D eigenvalue weighted by Gasteiger charge is -2.27. The lowest BCUT2D eigenvalue weighted by Crippen LogP contribution is -2.41. The van der Waals surface area contributed by atoms with Gasteiger partial charge in [0.15, 0.2) is 17.7 Å². The Bertz CT molecular complexity index is 752. The van der Waals surface area contributed by atoms with Crippen molar-refractivity contribution in [2.75, 3.05) is 14.1 Å². The third-order valence-electron chi connectivity index (χ3n) is 8.55. The van der Waals surface area contributed by atoms with Crippen molar-refractivity contribution in [3.63, 3.8) is 0 Å². The van der Waals surface area contributed by atoms with Crippen LogP contribution in [-0.2, 0) is 14.3 Å². The minimum absolute atomic E-state index is 0.0291. The summed E-state index contributed by atoms with van der Waals surface area (Å²) in [5.41, 5.74) is 0. The molecule has 0 saturated carbocycles. The van der Waals surface area contributed by atoms with Crippen LogP contribution in [0, 0.1) is 0 Å². The monoisotopic (exact) mass is 642 g/mol. The Morgan fingerprint density at radius 1 is 0.500 bits per heavy atom. The molecule has 0 rings (SSSR count). The fraction of sp³-hybridized carbons (Fsp3) is 0.762.